The smallest absolute Gasteiger partial charge is 0.332 e. The summed E-state index contributed by atoms with van der Waals surface area (Å²) in [6, 6.07) is 10.2. The third-order valence-electron chi connectivity index (χ3n) is 3.40. The summed E-state index contributed by atoms with van der Waals surface area (Å²) in [6.45, 7) is 0. The number of aromatic nitrogens is 2. The van der Waals surface area contributed by atoms with E-state index in [0.717, 1.165) is 9.44 Å². The van der Waals surface area contributed by atoms with Gasteiger partial charge in [-0.2, -0.15) is 0 Å². The monoisotopic (exact) mass is 329 g/mol. The molecular weight excluding hydrogens is 316 g/mol. The lowest BCUT2D eigenvalue weighted by molar-refractivity contribution is -0.279. The molecule has 6 nitrogen and oxygen atoms in total. The number of nitrogens with zero attached hydrogens (tertiary/aromatic N) is 1. The van der Waals surface area contributed by atoms with Crippen molar-refractivity contribution in [3.05, 3.63) is 73.1 Å². The number of thiophene rings is 1. The molecule has 1 N–H and O–H groups in total. The maximum Gasteiger partial charge on any atom is 0.332 e. The molecule has 0 amide bonds. The zero-order valence-corrected chi connectivity index (χ0v) is 13.1. The fourth-order valence-corrected chi connectivity index (χ4v) is 3.00. The molecule has 7 heteroatoms. The molecule has 2 heterocycles. The highest BCUT2D eigenvalue weighted by molar-refractivity contribution is 7.09. The number of aromatic amines is 1. The van der Waals surface area contributed by atoms with E-state index >= 15 is 0 Å². The van der Waals surface area contributed by atoms with Crippen LogP contribution < -0.4 is 21.1 Å². The van der Waals surface area contributed by atoms with Crippen LogP contribution in [0.3, 0.4) is 0 Å². The van der Waals surface area contributed by atoms with Crippen LogP contribution in [0.1, 0.15) is 10.4 Å². The van der Waals surface area contributed by atoms with Gasteiger partial charge in [0.25, 0.3) is 5.56 Å². The minimum absolute atomic E-state index is 0.0369. The fraction of sp³-hybridized carbons (Fsp3) is 0.125. The zero-order valence-electron chi connectivity index (χ0n) is 12.2. The van der Waals surface area contributed by atoms with E-state index in [1.807, 2.05) is 17.5 Å². The van der Waals surface area contributed by atoms with Gasteiger partial charge in [-0.3, -0.25) is 14.3 Å². The van der Waals surface area contributed by atoms with E-state index < -0.39 is 17.1 Å². The molecule has 0 saturated carbocycles. The maximum absolute atomic E-state index is 12.6. The SMILES string of the molecule is COc1cccc(-n2c([O-])c(Cc3cccs3)c(=O)[nH]c2=O)c1. The van der Waals surface area contributed by atoms with Crippen LogP contribution >= 0.6 is 11.3 Å². The van der Waals surface area contributed by atoms with Gasteiger partial charge in [-0.05, 0) is 29.5 Å². The van der Waals surface area contributed by atoms with Gasteiger partial charge in [0.15, 0.2) is 0 Å². The Labute approximate surface area is 135 Å². The van der Waals surface area contributed by atoms with Crippen molar-refractivity contribution in [1.29, 1.82) is 0 Å². The fourth-order valence-electron chi connectivity index (χ4n) is 2.28. The molecule has 0 aliphatic carbocycles. The molecule has 2 aromatic heterocycles. The van der Waals surface area contributed by atoms with E-state index in [1.165, 1.54) is 18.4 Å². The Balaban J connectivity index is 2.17. The second-order valence-electron chi connectivity index (χ2n) is 4.84. The number of benzene rings is 1. The minimum Gasteiger partial charge on any atom is -0.859 e. The van der Waals surface area contributed by atoms with Gasteiger partial charge in [0.1, 0.15) is 5.75 Å². The predicted octanol–water partition coefficient (Wildman–Crippen LogP) is 1.26. The molecule has 0 aliphatic rings. The lowest BCUT2D eigenvalue weighted by Crippen LogP contribution is -2.34. The van der Waals surface area contributed by atoms with E-state index in [0.29, 0.717) is 11.4 Å². The second kappa shape index (κ2) is 6.13. The lowest BCUT2D eigenvalue weighted by atomic mass is 10.2. The van der Waals surface area contributed by atoms with Gasteiger partial charge >= 0.3 is 5.69 Å². The largest absolute Gasteiger partial charge is 0.859 e. The Morgan fingerprint density at radius 1 is 1.26 bits per heavy atom. The van der Waals surface area contributed by atoms with Crippen LogP contribution in [-0.2, 0) is 6.42 Å². The Morgan fingerprint density at radius 2 is 2.09 bits per heavy atom. The summed E-state index contributed by atoms with van der Waals surface area (Å²) in [6.07, 6.45) is 0.191. The van der Waals surface area contributed by atoms with Crippen LogP contribution in [0.4, 0.5) is 0 Å². The van der Waals surface area contributed by atoms with Crippen molar-refractivity contribution in [3.8, 4) is 17.3 Å². The number of methoxy groups -OCH3 is 1. The molecular formula is C16H13N2O4S-. The number of nitrogens with one attached hydrogen (secondary N) is 1. The van der Waals surface area contributed by atoms with E-state index in [1.54, 1.807) is 24.3 Å². The Bertz CT molecular complexity index is 941. The topological polar surface area (TPSA) is 87.2 Å². The van der Waals surface area contributed by atoms with Gasteiger partial charge in [-0.15, -0.1) is 11.3 Å². The summed E-state index contributed by atoms with van der Waals surface area (Å²) < 4.78 is 6.06. The average molecular weight is 329 g/mol. The van der Waals surface area contributed by atoms with E-state index in [4.69, 9.17) is 4.74 Å². The third kappa shape index (κ3) is 2.91. The summed E-state index contributed by atoms with van der Waals surface area (Å²) >= 11 is 1.45. The molecule has 1 aromatic carbocycles. The number of H-pyrrole nitrogens is 1. The molecule has 118 valence electrons. The Morgan fingerprint density at radius 3 is 2.78 bits per heavy atom. The standard InChI is InChI=1S/C16H14N2O4S/c1-22-11-5-2-4-10(8-11)18-15(20)13(14(19)17-16(18)21)9-12-6-3-7-23-12/h2-8,20H,9H2,1H3,(H,17,19,21)/p-1. The highest BCUT2D eigenvalue weighted by atomic mass is 32.1. The number of ether oxygens (including phenoxy) is 1. The molecule has 0 fully saturated rings. The molecule has 0 saturated heterocycles. The molecule has 0 radical (unpaired) electrons. The molecule has 0 aliphatic heterocycles. The van der Waals surface area contributed by atoms with Gasteiger partial charge in [-0.25, -0.2) is 4.79 Å². The van der Waals surface area contributed by atoms with Crippen molar-refractivity contribution < 1.29 is 9.84 Å². The summed E-state index contributed by atoms with van der Waals surface area (Å²) in [7, 11) is 1.50. The van der Waals surface area contributed by atoms with Gasteiger partial charge in [0.2, 0.25) is 0 Å². The Kier molecular flexibility index (Phi) is 4.03. The average Bonchev–Trinajstić information content (AvgIpc) is 3.04. The van der Waals surface area contributed by atoms with Crippen molar-refractivity contribution in [2.75, 3.05) is 7.11 Å². The second-order valence-corrected chi connectivity index (χ2v) is 5.87. The van der Waals surface area contributed by atoms with Crippen molar-refractivity contribution in [3.63, 3.8) is 0 Å². The first-order valence-corrected chi connectivity index (χ1v) is 7.70. The van der Waals surface area contributed by atoms with Gasteiger partial charge in [0.05, 0.1) is 12.8 Å². The molecule has 0 bridgehead atoms. The molecule has 0 spiro atoms. The molecule has 0 atom stereocenters. The first-order chi connectivity index (χ1) is 11.1. The first kappa shape index (κ1) is 15.1. The first-order valence-electron chi connectivity index (χ1n) is 6.82. The van der Waals surface area contributed by atoms with Crippen LogP contribution in [-0.4, -0.2) is 16.7 Å². The highest BCUT2D eigenvalue weighted by Crippen LogP contribution is 2.21. The van der Waals surface area contributed by atoms with Crippen molar-refractivity contribution in [2.24, 2.45) is 0 Å². The normalized spacial score (nSPS) is 10.7. The lowest BCUT2D eigenvalue weighted by Gasteiger charge is -2.19. The Hall–Kier alpha value is -2.80. The molecule has 3 aromatic rings. The third-order valence-corrected chi connectivity index (χ3v) is 4.28. The van der Waals surface area contributed by atoms with Crippen molar-refractivity contribution >= 4 is 11.3 Å². The quantitative estimate of drug-likeness (QED) is 0.780. The molecule has 23 heavy (non-hydrogen) atoms. The molecule has 0 unspecified atom stereocenters. The van der Waals surface area contributed by atoms with Crippen molar-refractivity contribution in [2.45, 2.75) is 6.42 Å². The number of hydrogen-bond donors (Lipinski definition) is 1. The van der Waals surface area contributed by atoms with Crippen LogP contribution in [0.5, 0.6) is 11.6 Å². The molecule has 3 rings (SSSR count). The van der Waals surface area contributed by atoms with Crippen molar-refractivity contribution in [1.82, 2.24) is 9.55 Å². The highest BCUT2D eigenvalue weighted by Gasteiger charge is 2.11. The van der Waals surface area contributed by atoms with Crippen LogP contribution in [0.25, 0.3) is 5.69 Å². The summed E-state index contributed by atoms with van der Waals surface area (Å²) in [5, 5.41) is 14.5. The summed E-state index contributed by atoms with van der Waals surface area (Å²) in [5.74, 6) is -0.0970. The number of rotatable bonds is 4. The number of hydrogen-bond acceptors (Lipinski definition) is 5. The van der Waals surface area contributed by atoms with Gasteiger partial charge in [-0.1, -0.05) is 12.1 Å². The maximum atomic E-state index is 12.6. The minimum atomic E-state index is -0.761. The van der Waals surface area contributed by atoms with E-state index in [-0.39, 0.29) is 12.0 Å². The summed E-state index contributed by atoms with van der Waals surface area (Å²) in [4.78, 5) is 27.2. The van der Waals surface area contributed by atoms with E-state index in [2.05, 4.69) is 4.98 Å². The van der Waals surface area contributed by atoms with Crippen LogP contribution in [0, 0.1) is 0 Å². The van der Waals surface area contributed by atoms with Crippen LogP contribution in [0.15, 0.2) is 51.4 Å². The van der Waals surface area contributed by atoms with Crippen LogP contribution in [0.2, 0.25) is 0 Å². The van der Waals surface area contributed by atoms with Gasteiger partial charge < -0.3 is 9.84 Å². The predicted molar refractivity (Wildman–Crippen MR) is 85.8 cm³/mol. The summed E-state index contributed by atoms with van der Waals surface area (Å²) in [5.41, 5.74) is -1.02. The zero-order chi connectivity index (χ0) is 16.4. The van der Waals surface area contributed by atoms with E-state index in [9.17, 15) is 14.7 Å². The van der Waals surface area contributed by atoms with Gasteiger partial charge in [0, 0.05) is 22.9 Å².